The molecular formula is C23H25FN4O2S. The molecule has 0 saturated carbocycles. The van der Waals surface area contributed by atoms with Gasteiger partial charge in [0.25, 0.3) is 0 Å². The van der Waals surface area contributed by atoms with Gasteiger partial charge in [-0.1, -0.05) is 54.2 Å². The van der Waals surface area contributed by atoms with Crippen LogP contribution in [0.25, 0.3) is 11.4 Å². The minimum Gasteiger partial charge on any atom is -0.372 e. The van der Waals surface area contributed by atoms with Crippen molar-refractivity contribution in [1.29, 1.82) is 0 Å². The Labute approximate surface area is 185 Å². The first-order valence-electron chi connectivity index (χ1n) is 10.3. The first kappa shape index (κ1) is 21.5. The highest BCUT2D eigenvalue weighted by molar-refractivity contribution is 7.99. The summed E-state index contributed by atoms with van der Waals surface area (Å²) >= 11 is 1.33. The third kappa shape index (κ3) is 5.14. The van der Waals surface area contributed by atoms with E-state index in [2.05, 4.69) is 10.2 Å². The fraction of sp³-hybridized carbons (Fsp3) is 0.348. The number of thioether (sulfide) groups is 1. The van der Waals surface area contributed by atoms with Gasteiger partial charge in [0.15, 0.2) is 11.0 Å². The van der Waals surface area contributed by atoms with Crippen LogP contribution in [-0.4, -0.2) is 56.6 Å². The number of aromatic nitrogens is 3. The summed E-state index contributed by atoms with van der Waals surface area (Å²) in [6, 6.07) is 16.4. The smallest absolute Gasteiger partial charge is 0.233 e. The van der Waals surface area contributed by atoms with Crippen LogP contribution in [0.2, 0.25) is 0 Å². The number of rotatable bonds is 6. The van der Waals surface area contributed by atoms with Crippen LogP contribution in [0.3, 0.4) is 0 Å². The van der Waals surface area contributed by atoms with E-state index in [0.717, 1.165) is 5.56 Å². The summed E-state index contributed by atoms with van der Waals surface area (Å²) in [5.41, 5.74) is 1.43. The maximum Gasteiger partial charge on any atom is 0.233 e. The van der Waals surface area contributed by atoms with E-state index in [1.54, 1.807) is 18.2 Å². The molecule has 6 nitrogen and oxygen atoms in total. The van der Waals surface area contributed by atoms with E-state index in [-0.39, 0.29) is 29.7 Å². The fourth-order valence-corrected chi connectivity index (χ4v) is 4.59. The maximum absolute atomic E-state index is 14.5. The van der Waals surface area contributed by atoms with Gasteiger partial charge in [0.2, 0.25) is 5.91 Å². The molecule has 4 rings (SSSR count). The molecule has 8 heteroatoms. The fourth-order valence-electron chi connectivity index (χ4n) is 3.74. The topological polar surface area (TPSA) is 60.2 Å². The van der Waals surface area contributed by atoms with E-state index in [4.69, 9.17) is 4.74 Å². The van der Waals surface area contributed by atoms with Gasteiger partial charge in [0.1, 0.15) is 5.82 Å². The van der Waals surface area contributed by atoms with Crippen LogP contribution >= 0.6 is 11.8 Å². The van der Waals surface area contributed by atoms with Crippen LogP contribution < -0.4 is 0 Å². The third-order valence-corrected chi connectivity index (χ3v) is 6.06. The molecule has 0 radical (unpaired) electrons. The minimum atomic E-state index is -0.354. The molecular weight excluding hydrogens is 415 g/mol. The molecule has 0 aliphatic carbocycles. The van der Waals surface area contributed by atoms with E-state index in [1.807, 2.05) is 53.6 Å². The predicted molar refractivity (Wildman–Crippen MR) is 118 cm³/mol. The number of morpholine rings is 1. The summed E-state index contributed by atoms with van der Waals surface area (Å²) in [6.07, 6.45) is 0.0409. The Bertz CT molecular complexity index is 1030. The zero-order chi connectivity index (χ0) is 21.8. The average molecular weight is 441 g/mol. The van der Waals surface area contributed by atoms with Crippen molar-refractivity contribution < 1.29 is 13.9 Å². The lowest BCUT2D eigenvalue weighted by Crippen LogP contribution is -2.48. The molecule has 0 N–H and O–H groups in total. The number of amides is 1. The Morgan fingerprint density at radius 2 is 1.74 bits per heavy atom. The van der Waals surface area contributed by atoms with Crippen LogP contribution in [0.15, 0.2) is 59.8 Å². The molecule has 1 saturated heterocycles. The van der Waals surface area contributed by atoms with Crippen molar-refractivity contribution in [3.05, 3.63) is 66.0 Å². The number of hydrogen-bond donors (Lipinski definition) is 0. The van der Waals surface area contributed by atoms with Crippen LogP contribution in [0.1, 0.15) is 19.4 Å². The molecule has 1 aliphatic heterocycles. The highest BCUT2D eigenvalue weighted by Crippen LogP contribution is 2.27. The maximum atomic E-state index is 14.5. The van der Waals surface area contributed by atoms with Gasteiger partial charge < -0.3 is 9.64 Å². The molecule has 31 heavy (non-hydrogen) atoms. The predicted octanol–water partition coefficient (Wildman–Crippen LogP) is 3.86. The van der Waals surface area contributed by atoms with Crippen molar-refractivity contribution in [2.24, 2.45) is 0 Å². The molecule has 0 spiro atoms. The quantitative estimate of drug-likeness (QED) is 0.545. The Balaban J connectivity index is 1.57. The lowest BCUT2D eigenvalue weighted by atomic mass is 10.2. The highest BCUT2D eigenvalue weighted by atomic mass is 32.2. The van der Waals surface area contributed by atoms with Gasteiger partial charge in [-0.15, -0.1) is 10.2 Å². The number of ether oxygens (including phenoxy) is 1. The molecule has 1 aromatic heterocycles. The lowest BCUT2D eigenvalue weighted by molar-refractivity contribution is -0.140. The highest BCUT2D eigenvalue weighted by Gasteiger charge is 2.26. The molecule has 1 amide bonds. The van der Waals surface area contributed by atoms with E-state index in [0.29, 0.717) is 36.2 Å². The van der Waals surface area contributed by atoms with Crippen molar-refractivity contribution in [1.82, 2.24) is 19.7 Å². The summed E-state index contributed by atoms with van der Waals surface area (Å²) in [6.45, 7) is 5.60. The van der Waals surface area contributed by atoms with E-state index in [1.165, 1.54) is 17.8 Å². The van der Waals surface area contributed by atoms with Gasteiger partial charge >= 0.3 is 0 Å². The van der Waals surface area contributed by atoms with E-state index >= 15 is 0 Å². The largest absolute Gasteiger partial charge is 0.372 e. The zero-order valence-electron chi connectivity index (χ0n) is 17.6. The van der Waals surface area contributed by atoms with Gasteiger partial charge in [-0.3, -0.25) is 9.36 Å². The van der Waals surface area contributed by atoms with Crippen LogP contribution in [-0.2, 0) is 16.1 Å². The number of carbonyl (C=O) groups is 1. The normalized spacial score (nSPS) is 18.9. The van der Waals surface area contributed by atoms with Crippen molar-refractivity contribution in [2.45, 2.75) is 37.8 Å². The number of carbonyl (C=O) groups excluding carboxylic acids is 1. The second kappa shape index (κ2) is 9.62. The Morgan fingerprint density at radius 1 is 1.06 bits per heavy atom. The van der Waals surface area contributed by atoms with Crippen LogP contribution in [0, 0.1) is 5.82 Å². The molecule has 1 aliphatic rings. The van der Waals surface area contributed by atoms with E-state index < -0.39 is 0 Å². The molecule has 0 bridgehead atoms. The van der Waals surface area contributed by atoms with Crippen molar-refractivity contribution >= 4 is 17.7 Å². The number of benzene rings is 2. The number of halogens is 1. The third-order valence-electron chi connectivity index (χ3n) is 5.11. The second-order valence-electron chi connectivity index (χ2n) is 7.70. The van der Waals surface area contributed by atoms with Crippen molar-refractivity contribution in [3.8, 4) is 11.4 Å². The SMILES string of the molecule is CC1CN(C(=O)CSc2nnc(-c3ccccc3F)n2Cc2ccccc2)CC(C)O1. The zero-order valence-corrected chi connectivity index (χ0v) is 18.4. The molecule has 3 aromatic rings. The number of nitrogens with zero attached hydrogens (tertiary/aromatic N) is 4. The molecule has 2 heterocycles. The first-order valence-corrected chi connectivity index (χ1v) is 11.3. The molecule has 1 fully saturated rings. The van der Waals surface area contributed by atoms with Crippen molar-refractivity contribution in [3.63, 3.8) is 0 Å². The Hall–Kier alpha value is -2.71. The Morgan fingerprint density at radius 3 is 2.45 bits per heavy atom. The number of hydrogen-bond acceptors (Lipinski definition) is 5. The molecule has 2 unspecified atom stereocenters. The molecule has 162 valence electrons. The summed E-state index contributed by atoms with van der Waals surface area (Å²) in [4.78, 5) is 14.6. The summed E-state index contributed by atoms with van der Waals surface area (Å²) in [7, 11) is 0. The Kier molecular flexibility index (Phi) is 6.67. The summed E-state index contributed by atoms with van der Waals surface area (Å²) < 4.78 is 22.1. The molecule has 2 atom stereocenters. The second-order valence-corrected chi connectivity index (χ2v) is 8.64. The molecule has 2 aromatic carbocycles. The standard InChI is InChI=1S/C23H25FN4O2S/c1-16-12-27(13-17(2)30-16)21(29)15-31-23-26-25-22(19-10-6-7-11-20(19)24)28(23)14-18-8-4-3-5-9-18/h3-11,16-17H,12-15H2,1-2H3. The van der Waals surface area contributed by atoms with Gasteiger partial charge in [0, 0.05) is 13.1 Å². The van der Waals surface area contributed by atoms with Gasteiger partial charge in [-0.2, -0.15) is 0 Å². The van der Waals surface area contributed by atoms with Crippen LogP contribution in [0.5, 0.6) is 0 Å². The summed E-state index contributed by atoms with van der Waals surface area (Å²) in [5, 5.41) is 9.14. The first-order chi connectivity index (χ1) is 15.0. The average Bonchev–Trinajstić information content (AvgIpc) is 3.14. The monoisotopic (exact) mass is 440 g/mol. The van der Waals surface area contributed by atoms with Gasteiger partial charge in [-0.05, 0) is 31.5 Å². The minimum absolute atomic E-state index is 0.0205. The lowest BCUT2D eigenvalue weighted by Gasteiger charge is -2.35. The van der Waals surface area contributed by atoms with Crippen LogP contribution in [0.4, 0.5) is 4.39 Å². The van der Waals surface area contributed by atoms with Gasteiger partial charge in [-0.25, -0.2) is 4.39 Å². The van der Waals surface area contributed by atoms with E-state index in [9.17, 15) is 9.18 Å². The summed E-state index contributed by atoms with van der Waals surface area (Å²) in [5.74, 6) is 0.372. The van der Waals surface area contributed by atoms with Crippen molar-refractivity contribution in [2.75, 3.05) is 18.8 Å². The van der Waals surface area contributed by atoms with Gasteiger partial charge in [0.05, 0.1) is 30.1 Å².